The Morgan fingerprint density at radius 2 is 1.54 bits per heavy atom. The van der Waals surface area contributed by atoms with E-state index in [0.29, 0.717) is 12.0 Å². The zero-order valence-electron chi connectivity index (χ0n) is 15.7. The number of carbonyl (C=O) groups is 2. The molecule has 2 nitrogen and oxygen atoms in total. The molecule has 0 saturated carbocycles. The lowest BCUT2D eigenvalue weighted by atomic mass is 9.95. The van der Waals surface area contributed by atoms with Crippen LogP contribution >= 0.6 is 0 Å². The van der Waals surface area contributed by atoms with Gasteiger partial charge in [0.25, 0.3) is 0 Å². The number of rotatable bonds is 14. The molecule has 0 atom stereocenters. The Morgan fingerprint density at radius 1 is 0.958 bits per heavy atom. The largest absolute Gasteiger partial charge is 0.294 e. The first-order valence-electron chi connectivity index (χ1n) is 10.2. The van der Waals surface area contributed by atoms with Crippen LogP contribution < -0.4 is 0 Å². The van der Waals surface area contributed by atoms with Crippen molar-refractivity contribution in [3.8, 4) is 0 Å². The quantitative estimate of drug-likeness (QED) is 0.207. The van der Waals surface area contributed by atoms with Crippen LogP contribution in [0, 0.1) is 0 Å². The third-order valence-corrected chi connectivity index (χ3v) is 4.77. The molecule has 136 valence electrons. The number of Topliss-reactive ketones (excluding diaryl/α,β-unsaturated/α-hetero) is 1. The van der Waals surface area contributed by atoms with E-state index in [9.17, 15) is 9.59 Å². The van der Waals surface area contributed by atoms with Crippen molar-refractivity contribution in [1.82, 2.24) is 0 Å². The van der Waals surface area contributed by atoms with Crippen LogP contribution in [-0.4, -0.2) is 11.6 Å². The Hall–Kier alpha value is -1.18. The molecule has 0 N–H and O–H groups in total. The number of hydrogen-bond acceptors (Lipinski definition) is 2. The van der Waals surface area contributed by atoms with Crippen molar-refractivity contribution >= 4 is 11.6 Å². The fourth-order valence-corrected chi connectivity index (χ4v) is 3.20. The molecule has 0 aromatic carbocycles. The van der Waals surface area contributed by atoms with Gasteiger partial charge < -0.3 is 0 Å². The van der Waals surface area contributed by atoms with Gasteiger partial charge in [-0.05, 0) is 31.8 Å². The molecule has 0 bridgehead atoms. The van der Waals surface area contributed by atoms with Gasteiger partial charge in [0.15, 0.2) is 11.6 Å². The van der Waals surface area contributed by atoms with Crippen molar-refractivity contribution in [2.45, 2.75) is 103 Å². The predicted octanol–water partition coefficient (Wildman–Crippen LogP) is 6.49. The maximum absolute atomic E-state index is 11.9. The van der Waals surface area contributed by atoms with Gasteiger partial charge in [0, 0.05) is 6.42 Å². The fraction of sp³-hybridized carbons (Fsp3) is 0.727. The molecule has 24 heavy (non-hydrogen) atoms. The number of hydrogen-bond donors (Lipinski definition) is 0. The molecule has 0 aromatic heterocycles. The first-order chi connectivity index (χ1) is 11.8. The zero-order chi connectivity index (χ0) is 17.5. The molecule has 0 fully saturated rings. The molecule has 0 unspecified atom stereocenters. The van der Waals surface area contributed by atoms with Crippen molar-refractivity contribution in [2.75, 3.05) is 0 Å². The third-order valence-electron chi connectivity index (χ3n) is 4.77. The summed E-state index contributed by atoms with van der Waals surface area (Å²) in [4.78, 5) is 23.6. The molecule has 0 amide bonds. The summed E-state index contributed by atoms with van der Waals surface area (Å²) in [6.45, 7) is 2.26. The van der Waals surface area contributed by atoms with Crippen LogP contribution in [-0.2, 0) is 9.59 Å². The second-order valence-corrected chi connectivity index (χ2v) is 7.02. The standard InChI is InChI=1S/C22H36O2/c1-2-3-4-5-6-7-8-9-10-11-12-13-14-18-21(23)20-17-15-16-19-22(20)24/h14,17-18H,2-13,15-16,19H2,1H3. The molecule has 0 radical (unpaired) electrons. The molecule has 0 spiro atoms. The van der Waals surface area contributed by atoms with E-state index in [1.54, 1.807) is 12.2 Å². The zero-order valence-corrected chi connectivity index (χ0v) is 15.7. The van der Waals surface area contributed by atoms with E-state index < -0.39 is 0 Å². The van der Waals surface area contributed by atoms with Gasteiger partial charge in [-0.3, -0.25) is 9.59 Å². The van der Waals surface area contributed by atoms with Crippen molar-refractivity contribution in [2.24, 2.45) is 0 Å². The van der Waals surface area contributed by atoms with Gasteiger partial charge in [-0.25, -0.2) is 0 Å². The topological polar surface area (TPSA) is 34.1 Å². The summed E-state index contributed by atoms with van der Waals surface area (Å²) >= 11 is 0. The van der Waals surface area contributed by atoms with Crippen LogP contribution in [0.2, 0.25) is 0 Å². The van der Waals surface area contributed by atoms with E-state index in [1.807, 2.05) is 6.08 Å². The molecule has 0 saturated heterocycles. The lowest BCUT2D eigenvalue weighted by Gasteiger charge is -2.08. The summed E-state index contributed by atoms with van der Waals surface area (Å²) < 4.78 is 0. The Kier molecular flexibility index (Phi) is 12.3. The van der Waals surface area contributed by atoms with Gasteiger partial charge in [-0.15, -0.1) is 0 Å². The van der Waals surface area contributed by atoms with Crippen molar-refractivity contribution in [3.05, 3.63) is 23.8 Å². The van der Waals surface area contributed by atoms with Gasteiger partial charge in [-0.1, -0.05) is 83.3 Å². The highest BCUT2D eigenvalue weighted by Gasteiger charge is 2.18. The lowest BCUT2D eigenvalue weighted by Crippen LogP contribution is -2.13. The van der Waals surface area contributed by atoms with Crippen LogP contribution in [0.15, 0.2) is 23.8 Å². The molecule has 1 aliphatic carbocycles. The smallest absolute Gasteiger partial charge is 0.188 e. The summed E-state index contributed by atoms with van der Waals surface area (Å²) in [7, 11) is 0. The van der Waals surface area contributed by atoms with Crippen LogP contribution in [0.3, 0.4) is 0 Å². The van der Waals surface area contributed by atoms with Crippen molar-refractivity contribution < 1.29 is 9.59 Å². The fourth-order valence-electron chi connectivity index (χ4n) is 3.20. The number of allylic oxidation sites excluding steroid dienone is 4. The minimum absolute atomic E-state index is 0.0191. The summed E-state index contributed by atoms with van der Waals surface area (Å²) in [6, 6.07) is 0. The van der Waals surface area contributed by atoms with Crippen LogP contribution in [0.1, 0.15) is 103 Å². The van der Waals surface area contributed by atoms with Gasteiger partial charge in [0.05, 0.1) is 5.57 Å². The van der Waals surface area contributed by atoms with E-state index in [4.69, 9.17) is 0 Å². The van der Waals surface area contributed by atoms with Crippen LogP contribution in [0.25, 0.3) is 0 Å². The third kappa shape index (κ3) is 9.85. The van der Waals surface area contributed by atoms with Crippen LogP contribution in [0.5, 0.6) is 0 Å². The number of carbonyl (C=O) groups excluding carboxylic acids is 2. The highest BCUT2D eigenvalue weighted by Crippen LogP contribution is 2.16. The van der Waals surface area contributed by atoms with E-state index in [0.717, 1.165) is 25.7 Å². The SMILES string of the molecule is CCCCCCCCCCCCCC=CC(=O)C1=CCCCC1=O. The minimum Gasteiger partial charge on any atom is -0.294 e. The summed E-state index contributed by atoms with van der Waals surface area (Å²) in [6.07, 6.45) is 23.3. The number of ketones is 2. The molecule has 1 rings (SSSR count). The highest BCUT2D eigenvalue weighted by atomic mass is 16.1. The Labute approximate surface area is 148 Å². The Bertz CT molecular complexity index is 418. The van der Waals surface area contributed by atoms with Gasteiger partial charge in [0.1, 0.15) is 0 Å². The second kappa shape index (κ2) is 14.2. The second-order valence-electron chi connectivity index (χ2n) is 7.02. The van der Waals surface area contributed by atoms with E-state index in [-0.39, 0.29) is 11.6 Å². The maximum Gasteiger partial charge on any atom is 0.188 e. The van der Waals surface area contributed by atoms with E-state index in [2.05, 4.69) is 6.92 Å². The lowest BCUT2D eigenvalue weighted by molar-refractivity contribution is -0.119. The monoisotopic (exact) mass is 332 g/mol. The van der Waals surface area contributed by atoms with E-state index >= 15 is 0 Å². The normalized spacial score (nSPS) is 15.0. The van der Waals surface area contributed by atoms with Crippen molar-refractivity contribution in [1.29, 1.82) is 0 Å². The Balaban J connectivity index is 1.93. The van der Waals surface area contributed by atoms with Gasteiger partial charge >= 0.3 is 0 Å². The van der Waals surface area contributed by atoms with Crippen LogP contribution in [0.4, 0.5) is 0 Å². The predicted molar refractivity (Wildman–Crippen MR) is 102 cm³/mol. The minimum atomic E-state index is -0.0947. The van der Waals surface area contributed by atoms with Crippen molar-refractivity contribution in [3.63, 3.8) is 0 Å². The average molecular weight is 333 g/mol. The molecule has 1 aliphatic rings. The summed E-state index contributed by atoms with van der Waals surface area (Å²) in [5, 5.41) is 0. The van der Waals surface area contributed by atoms with Gasteiger partial charge in [-0.2, -0.15) is 0 Å². The highest BCUT2D eigenvalue weighted by molar-refractivity contribution is 6.24. The van der Waals surface area contributed by atoms with E-state index in [1.165, 1.54) is 64.2 Å². The Morgan fingerprint density at radius 3 is 2.12 bits per heavy atom. The molecule has 0 aliphatic heterocycles. The molecule has 2 heteroatoms. The molecule has 0 heterocycles. The summed E-state index contributed by atoms with van der Waals surface area (Å²) in [5.74, 6) is -0.0756. The molecule has 0 aromatic rings. The first kappa shape index (κ1) is 20.9. The summed E-state index contributed by atoms with van der Waals surface area (Å²) in [5.41, 5.74) is 0.413. The number of unbranched alkanes of at least 4 members (excludes halogenated alkanes) is 11. The average Bonchev–Trinajstić information content (AvgIpc) is 2.59. The first-order valence-corrected chi connectivity index (χ1v) is 10.2. The maximum atomic E-state index is 11.9. The van der Waals surface area contributed by atoms with Gasteiger partial charge in [0.2, 0.25) is 0 Å². The molecular formula is C22H36O2. The molecular weight excluding hydrogens is 296 g/mol.